The molecule has 1 aliphatic carbocycles. The predicted molar refractivity (Wildman–Crippen MR) is 113 cm³/mol. The molecule has 0 radical (unpaired) electrons. The van der Waals surface area contributed by atoms with Gasteiger partial charge in [0.05, 0.1) is 10.5 Å². The van der Waals surface area contributed by atoms with E-state index in [0.717, 1.165) is 23.6 Å². The Hall–Kier alpha value is -3.23. The number of hydrogen-bond donors (Lipinski definition) is 2. The van der Waals surface area contributed by atoms with Gasteiger partial charge in [-0.2, -0.15) is 0 Å². The molecule has 1 unspecified atom stereocenters. The van der Waals surface area contributed by atoms with E-state index in [2.05, 4.69) is 11.4 Å². The van der Waals surface area contributed by atoms with E-state index in [1.165, 1.54) is 42.3 Å². The highest BCUT2D eigenvalue weighted by molar-refractivity contribution is 7.89. The molecular formula is C22H20N2O5S. The standard InChI is InChI=1S/C22H20N2O5S/c1-13(21(25)24-16-8-10-17(11-9-16)30(23,27)28)29-22(26)19-12-7-15-6-5-14-3-2-4-18(19)20(14)15/h2-4,7-13H,5-6H2,1H3,(H,24,25)(H2,23,27,28). The van der Waals surface area contributed by atoms with Crippen LogP contribution in [0, 0.1) is 0 Å². The number of benzene rings is 3. The van der Waals surface area contributed by atoms with Crippen molar-refractivity contribution >= 4 is 38.4 Å². The lowest BCUT2D eigenvalue weighted by Gasteiger charge is -2.15. The van der Waals surface area contributed by atoms with Gasteiger partial charge in [0.1, 0.15) is 0 Å². The summed E-state index contributed by atoms with van der Waals surface area (Å²) >= 11 is 0. The van der Waals surface area contributed by atoms with Gasteiger partial charge in [0.2, 0.25) is 10.0 Å². The van der Waals surface area contributed by atoms with Crippen LogP contribution >= 0.6 is 0 Å². The number of rotatable bonds is 5. The predicted octanol–water partition coefficient (Wildman–Crippen LogP) is 2.77. The first kappa shape index (κ1) is 20.1. The summed E-state index contributed by atoms with van der Waals surface area (Å²) in [4.78, 5) is 25.1. The number of amides is 1. The number of primary sulfonamides is 1. The van der Waals surface area contributed by atoms with E-state index in [-0.39, 0.29) is 4.90 Å². The summed E-state index contributed by atoms with van der Waals surface area (Å²) in [5, 5.41) is 9.57. The summed E-state index contributed by atoms with van der Waals surface area (Å²) in [6, 6.07) is 14.9. The number of esters is 1. The molecule has 0 fully saturated rings. The van der Waals surface area contributed by atoms with E-state index in [1.807, 2.05) is 18.2 Å². The van der Waals surface area contributed by atoms with Gasteiger partial charge in [-0.05, 0) is 72.0 Å². The van der Waals surface area contributed by atoms with Crippen molar-refractivity contribution in [2.45, 2.75) is 30.8 Å². The number of hydrogen-bond acceptors (Lipinski definition) is 5. The van der Waals surface area contributed by atoms with E-state index in [1.54, 1.807) is 6.07 Å². The van der Waals surface area contributed by atoms with Crippen molar-refractivity contribution in [3.8, 4) is 0 Å². The first-order valence-electron chi connectivity index (χ1n) is 9.42. The lowest BCUT2D eigenvalue weighted by Crippen LogP contribution is -2.30. The molecule has 30 heavy (non-hydrogen) atoms. The minimum absolute atomic E-state index is 0.0629. The van der Waals surface area contributed by atoms with Gasteiger partial charge in [0.25, 0.3) is 5.91 Å². The van der Waals surface area contributed by atoms with Gasteiger partial charge in [0.15, 0.2) is 6.10 Å². The normalized spacial score (nSPS) is 13.8. The molecule has 0 saturated heterocycles. The SMILES string of the molecule is CC(OC(=O)c1ccc2c3c(cccc13)CC2)C(=O)Nc1ccc(S(N)(=O)=O)cc1. The Bertz CT molecular complexity index is 1260. The maximum Gasteiger partial charge on any atom is 0.339 e. The van der Waals surface area contributed by atoms with Gasteiger partial charge in [0, 0.05) is 5.69 Å². The second-order valence-corrected chi connectivity index (χ2v) is 8.78. The zero-order valence-electron chi connectivity index (χ0n) is 16.2. The Balaban J connectivity index is 1.48. The minimum atomic E-state index is -3.81. The van der Waals surface area contributed by atoms with E-state index >= 15 is 0 Å². The molecular weight excluding hydrogens is 404 g/mol. The highest BCUT2D eigenvalue weighted by atomic mass is 32.2. The fourth-order valence-corrected chi connectivity index (χ4v) is 4.19. The molecule has 1 amide bonds. The van der Waals surface area contributed by atoms with Gasteiger partial charge >= 0.3 is 5.97 Å². The van der Waals surface area contributed by atoms with Crippen LogP contribution in [0.4, 0.5) is 5.69 Å². The molecule has 4 rings (SSSR count). The summed E-state index contributed by atoms with van der Waals surface area (Å²) in [5.41, 5.74) is 3.21. The van der Waals surface area contributed by atoms with Gasteiger partial charge in [-0.25, -0.2) is 18.4 Å². The Morgan fingerprint density at radius 2 is 1.67 bits per heavy atom. The van der Waals surface area contributed by atoms with Crippen molar-refractivity contribution in [3.63, 3.8) is 0 Å². The number of sulfonamides is 1. The summed E-state index contributed by atoms with van der Waals surface area (Å²) in [6.07, 6.45) is 0.862. The number of carbonyl (C=O) groups is 2. The van der Waals surface area contributed by atoms with E-state index in [0.29, 0.717) is 11.3 Å². The third-order valence-electron chi connectivity index (χ3n) is 5.20. The molecule has 0 saturated carbocycles. The molecule has 0 spiro atoms. The fourth-order valence-electron chi connectivity index (χ4n) is 3.67. The smallest absolute Gasteiger partial charge is 0.339 e. The Morgan fingerprint density at radius 3 is 2.33 bits per heavy atom. The van der Waals surface area contributed by atoms with Crippen LogP contribution in [0.3, 0.4) is 0 Å². The van der Waals surface area contributed by atoms with Crippen LogP contribution in [-0.4, -0.2) is 26.4 Å². The quantitative estimate of drug-likeness (QED) is 0.611. The highest BCUT2D eigenvalue weighted by Crippen LogP contribution is 2.33. The molecule has 3 aromatic carbocycles. The van der Waals surface area contributed by atoms with Gasteiger partial charge < -0.3 is 10.1 Å². The van der Waals surface area contributed by atoms with E-state index in [9.17, 15) is 18.0 Å². The van der Waals surface area contributed by atoms with Crippen molar-refractivity contribution in [2.75, 3.05) is 5.32 Å². The van der Waals surface area contributed by atoms with E-state index in [4.69, 9.17) is 9.88 Å². The van der Waals surface area contributed by atoms with Crippen molar-refractivity contribution in [2.24, 2.45) is 5.14 Å². The van der Waals surface area contributed by atoms with Gasteiger partial charge in [-0.1, -0.05) is 24.3 Å². The van der Waals surface area contributed by atoms with Crippen LogP contribution in [0.5, 0.6) is 0 Å². The Kier molecular flexibility index (Phi) is 5.05. The largest absolute Gasteiger partial charge is 0.449 e. The average molecular weight is 424 g/mol. The second kappa shape index (κ2) is 7.55. The maximum atomic E-state index is 12.7. The van der Waals surface area contributed by atoms with Gasteiger partial charge in [-0.3, -0.25) is 4.79 Å². The first-order valence-corrected chi connectivity index (χ1v) is 11.0. The van der Waals surface area contributed by atoms with Gasteiger partial charge in [-0.15, -0.1) is 0 Å². The number of aryl methyl sites for hydroxylation is 2. The third kappa shape index (κ3) is 3.79. The molecule has 1 atom stereocenters. The first-order chi connectivity index (χ1) is 14.2. The second-order valence-electron chi connectivity index (χ2n) is 7.22. The molecule has 154 valence electrons. The molecule has 0 bridgehead atoms. The van der Waals surface area contributed by atoms with Crippen molar-refractivity contribution < 1.29 is 22.7 Å². The Morgan fingerprint density at radius 1 is 1.00 bits per heavy atom. The van der Waals surface area contributed by atoms with Crippen LogP contribution in [0.25, 0.3) is 10.8 Å². The summed E-state index contributed by atoms with van der Waals surface area (Å²) < 4.78 is 28.0. The number of ether oxygens (including phenoxy) is 1. The number of nitrogens with one attached hydrogen (secondary N) is 1. The fraction of sp³-hybridized carbons (Fsp3) is 0.182. The topological polar surface area (TPSA) is 116 Å². The Labute approximate surface area is 173 Å². The van der Waals surface area contributed by atoms with Crippen LogP contribution in [0.15, 0.2) is 59.5 Å². The molecule has 0 aromatic heterocycles. The van der Waals surface area contributed by atoms with Crippen molar-refractivity contribution in [1.82, 2.24) is 0 Å². The monoisotopic (exact) mass is 424 g/mol. The molecule has 0 heterocycles. The highest BCUT2D eigenvalue weighted by Gasteiger charge is 2.23. The number of anilines is 1. The zero-order valence-corrected chi connectivity index (χ0v) is 17.0. The summed E-state index contributed by atoms with van der Waals surface area (Å²) in [7, 11) is -3.81. The minimum Gasteiger partial charge on any atom is -0.449 e. The molecule has 3 N–H and O–H groups in total. The van der Waals surface area contributed by atoms with Crippen LogP contribution in [0.1, 0.15) is 28.4 Å². The van der Waals surface area contributed by atoms with E-state index < -0.39 is 28.0 Å². The van der Waals surface area contributed by atoms with Crippen LogP contribution in [-0.2, 0) is 32.4 Å². The van der Waals surface area contributed by atoms with Crippen LogP contribution < -0.4 is 10.5 Å². The molecule has 0 aliphatic heterocycles. The third-order valence-corrected chi connectivity index (χ3v) is 6.13. The summed E-state index contributed by atoms with van der Waals surface area (Å²) in [6.45, 7) is 1.48. The van der Waals surface area contributed by atoms with Crippen molar-refractivity contribution in [1.29, 1.82) is 0 Å². The molecule has 8 heteroatoms. The number of nitrogens with two attached hydrogens (primary N) is 1. The maximum absolute atomic E-state index is 12.7. The lowest BCUT2D eigenvalue weighted by atomic mass is 10.00. The zero-order chi connectivity index (χ0) is 21.5. The molecule has 3 aromatic rings. The molecule has 1 aliphatic rings. The van der Waals surface area contributed by atoms with Crippen molar-refractivity contribution in [3.05, 3.63) is 71.3 Å². The average Bonchev–Trinajstić information content (AvgIpc) is 3.13. The lowest BCUT2D eigenvalue weighted by molar-refractivity contribution is -0.123. The summed E-state index contributed by atoms with van der Waals surface area (Å²) in [5.74, 6) is -1.10. The van der Waals surface area contributed by atoms with Crippen LogP contribution in [0.2, 0.25) is 0 Å². The molecule has 7 nitrogen and oxygen atoms in total. The number of carbonyl (C=O) groups excluding carboxylic acids is 2.